The van der Waals surface area contributed by atoms with Gasteiger partial charge >= 0.3 is 6.09 Å². The van der Waals surface area contributed by atoms with Gasteiger partial charge in [0.2, 0.25) is 5.91 Å². The van der Waals surface area contributed by atoms with Crippen molar-refractivity contribution < 1.29 is 24.2 Å². The number of amides is 2. The minimum absolute atomic E-state index is 0.0795. The summed E-state index contributed by atoms with van der Waals surface area (Å²) in [5, 5.41) is 17.0. The van der Waals surface area contributed by atoms with Gasteiger partial charge in [-0.25, -0.2) is 4.79 Å². The molecule has 38 heavy (non-hydrogen) atoms. The van der Waals surface area contributed by atoms with E-state index in [1.54, 1.807) is 78.9 Å². The number of phenols is 1. The van der Waals surface area contributed by atoms with Crippen molar-refractivity contribution in [2.45, 2.75) is 19.4 Å². The number of Topliss-reactive ketones (excluding diaryl/α,β-unsaturated/α-hetero) is 1. The van der Waals surface area contributed by atoms with E-state index in [2.05, 4.69) is 10.6 Å². The minimum Gasteiger partial charge on any atom is -0.507 e. The summed E-state index contributed by atoms with van der Waals surface area (Å²) in [5.41, 5.74) is 8.48. The predicted octanol–water partition coefficient (Wildman–Crippen LogP) is 6.21. The number of rotatable bonds is 8. The number of aromatic hydroxyl groups is 1. The molecule has 0 saturated heterocycles. The Hall–Kier alpha value is -5.11. The van der Waals surface area contributed by atoms with Crippen LogP contribution in [-0.2, 0) is 9.53 Å². The molecule has 2 amide bonds. The summed E-state index contributed by atoms with van der Waals surface area (Å²) < 4.78 is 5.78. The quantitative estimate of drug-likeness (QED) is 0.127. The number of para-hydroxylation sites is 2. The van der Waals surface area contributed by atoms with Gasteiger partial charge in [0, 0.05) is 28.6 Å². The van der Waals surface area contributed by atoms with Crippen molar-refractivity contribution in [3.8, 4) is 5.75 Å². The normalized spacial score (nSPS) is 11.7. The predicted molar refractivity (Wildman–Crippen MR) is 148 cm³/mol. The van der Waals surface area contributed by atoms with Crippen LogP contribution in [0.25, 0.3) is 10.8 Å². The second-order valence-corrected chi connectivity index (χ2v) is 8.59. The standard InChI is InChI=1S/C30H27N3O5/c1-19(34)20-13-15-21(16-14-20)32-30(37)38-28(24-17-18-27(35)23-8-3-2-7-22(23)24)11-6-12-29(36)33-26-10-5-4-9-25(26)31/h2-10,12-18,28,35H,11,31H2,1H3,(H,32,37)(H,33,36)/b12-6+/t28-/m0/s1. The minimum atomic E-state index is -0.775. The molecule has 0 aromatic heterocycles. The van der Waals surface area contributed by atoms with Gasteiger partial charge in [-0.15, -0.1) is 0 Å². The van der Waals surface area contributed by atoms with Gasteiger partial charge in [-0.05, 0) is 60.9 Å². The smallest absolute Gasteiger partial charge is 0.412 e. The average Bonchev–Trinajstić information content (AvgIpc) is 2.90. The lowest BCUT2D eigenvalue weighted by Crippen LogP contribution is -2.18. The van der Waals surface area contributed by atoms with Gasteiger partial charge < -0.3 is 20.9 Å². The first kappa shape index (κ1) is 26.0. The lowest BCUT2D eigenvalue weighted by atomic mass is 9.97. The third-order valence-corrected chi connectivity index (χ3v) is 5.91. The Labute approximate surface area is 219 Å². The monoisotopic (exact) mass is 509 g/mol. The van der Waals surface area contributed by atoms with E-state index < -0.39 is 12.2 Å². The number of benzene rings is 4. The summed E-state index contributed by atoms with van der Waals surface area (Å²) in [4.78, 5) is 36.8. The average molecular weight is 510 g/mol. The Morgan fingerprint density at radius 3 is 2.29 bits per heavy atom. The van der Waals surface area contributed by atoms with Crippen molar-refractivity contribution in [3.63, 3.8) is 0 Å². The van der Waals surface area contributed by atoms with E-state index in [0.29, 0.717) is 39.0 Å². The van der Waals surface area contributed by atoms with Crippen LogP contribution in [-0.4, -0.2) is 22.9 Å². The summed E-state index contributed by atoms with van der Waals surface area (Å²) in [6.45, 7) is 1.46. The Balaban J connectivity index is 1.54. The van der Waals surface area contributed by atoms with Crippen LogP contribution in [0.4, 0.5) is 21.9 Å². The molecule has 4 rings (SSSR count). The van der Waals surface area contributed by atoms with Crippen LogP contribution >= 0.6 is 0 Å². The Morgan fingerprint density at radius 2 is 1.58 bits per heavy atom. The first-order valence-corrected chi connectivity index (χ1v) is 11.9. The number of ketones is 1. The van der Waals surface area contributed by atoms with E-state index in [4.69, 9.17) is 10.5 Å². The number of ether oxygens (including phenoxy) is 1. The number of nitrogens with one attached hydrogen (secondary N) is 2. The van der Waals surface area contributed by atoms with Crippen LogP contribution in [0.15, 0.2) is 97.1 Å². The van der Waals surface area contributed by atoms with Crippen LogP contribution < -0.4 is 16.4 Å². The van der Waals surface area contributed by atoms with Gasteiger partial charge in [-0.1, -0.05) is 48.5 Å². The summed E-state index contributed by atoms with van der Waals surface area (Å²) in [7, 11) is 0. The molecule has 0 spiro atoms. The fraction of sp³-hybridized carbons (Fsp3) is 0.100. The second-order valence-electron chi connectivity index (χ2n) is 8.59. The van der Waals surface area contributed by atoms with Crippen molar-refractivity contribution in [2.75, 3.05) is 16.4 Å². The molecule has 4 aromatic rings. The van der Waals surface area contributed by atoms with Gasteiger partial charge in [0.25, 0.3) is 0 Å². The molecule has 0 aliphatic carbocycles. The number of hydrogen-bond donors (Lipinski definition) is 4. The Kier molecular flexibility index (Phi) is 8.03. The van der Waals surface area contributed by atoms with Crippen LogP contribution in [0.3, 0.4) is 0 Å². The number of anilines is 3. The zero-order chi connectivity index (χ0) is 27.1. The number of carbonyl (C=O) groups excluding carboxylic acids is 3. The number of fused-ring (bicyclic) bond motifs is 1. The van der Waals surface area contributed by atoms with Gasteiger partial charge in [0.1, 0.15) is 11.9 Å². The van der Waals surface area contributed by atoms with Gasteiger partial charge in [0.15, 0.2) is 5.78 Å². The lowest BCUT2D eigenvalue weighted by Gasteiger charge is -2.20. The molecule has 0 fully saturated rings. The Bertz CT molecular complexity index is 1510. The highest BCUT2D eigenvalue weighted by Crippen LogP contribution is 2.34. The van der Waals surface area contributed by atoms with E-state index in [1.807, 2.05) is 12.1 Å². The number of carbonyl (C=O) groups is 3. The maximum absolute atomic E-state index is 12.8. The van der Waals surface area contributed by atoms with E-state index in [9.17, 15) is 19.5 Å². The zero-order valence-corrected chi connectivity index (χ0v) is 20.7. The summed E-state index contributed by atoms with van der Waals surface area (Å²) in [5.74, 6) is -0.357. The Morgan fingerprint density at radius 1 is 0.895 bits per heavy atom. The molecule has 4 aromatic carbocycles. The SMILES string of the molecule is CC(=O)c1ccc(NC(=O)O[C@@H](C/C=C/C(=O)Nc2ccccc2N)c2ccc(O)c3ccccc23)cc1. The third kappa shape index (κ3) is 6.36. The number of nitrogens with two attached hydrogens (primary N) is 1. The highest BCUT2D eigenvalue weighted by atomic mass is 16.6. The molecule has 8 heteroatoms. The van der Waals surface area contributed by atoms with Crippen LogP contribution in [0.2, 0.25) is 0 Å². The van der Waals surface area contributed by atoms with Crippen molar-refractivity contribution in [3.05, 3.63) is 108 Å². The van der Waals surface area contributed by atoms with Crippen molar-refractivity contribution >= 4 is 45.6 Å². The molecule has 0 aliphatic rings. The molecule has 0 heterocycles. The topological polar surface area (TPSA) is 131 Å². The number of nitrogen functional groups attached to an aromatic ring is 1. The zero-order valence-electron chi connectivity index (χ0n) is 20.7. The highest BCUT2D eigenvalue weighted by molar-refractivity contribution is 6.01. The van der Waals surface area contributed by atoms with Crippen molar-refractivity contribution in [1.29, 1.82) is 0 Å². The fourth-order valence-electron chi connectivity index (χ4n) is 3.97. The molecule has 0 aliphatic heterocycles. The van der Waals surface area contributed by atoms with Crippen LogP contribution in [0.5, 0.6) is 5.75 Å². The first-order chi connectivity index (χ1) is 18.3. The number of hydrogen-bond acceptors (Lipinski definition) is 6. The molecule has 0 bridgehead atoms. The van der Waals surface area contributed by atoms with Crippen molar-refractivity contribution in [1.82, 2.24) is 0 Å². The largest absolute Gasteiger partial charge is 0.507 e. The molecule has 0 unspecified atom stereocenters. The van der Waals surface area contributed by atoms with Crippen LogP contribution in [0, 0.1) is 0 Å². The molecule has 192 valence electrons. The molecule has 5 N–H and O–H groups in total. The van der Waals surface area contributed by atoms with E-state index in [1.165, 1.54) is 13.0 Å². The second kappa shape index (κ2) is 11.7. The summed E-state index contributed by atoms with van der Waals surface area (Å²) >= 11 is 0. The molecular weight excluding hydrogens is 482 g/mol. The van der Waals surface area contributed by atoms with Crippen LogP contribution in [0.1, 0.15) is 35.4 Å². The maximum Gasteiger partial charge on any atom is 0.412 e. The van der Waals surface area contributed by atoms with E-state index in [0.717, 1.165) is 0 Å². The molecule has 8 nitrogen and oxygen atoms in total. The molecule has 1 atom stereocenters. The molecule has 0 radical (unpaired) electrons. The van der Waals surface area contributed by atoms with Gasteiger partial charge in [-0.3, -0.25) is 14.9 Å². The van der Waals surface area contributed by atoms with Crippen molar-refractivity contribution in [2.24, 2.45) is 0 Å². The highest BCUT2D eigenvalue weighted by Gasteiger charge is 2.20. The summed E-state index contributed by atoms with van der Waals surface area (Å²) in [6.07, 6.45) is 1.66. The van der Waals surface area contributed by atoms with Gasteiger partial charge in [0.05, 0.1) is 11.4 Å². The van der Waals surface area contributed by atoms with E-state index >= 15 is 0 Å². The maximum atomic E-state index is 12.8. The summed E-state index contributed by atoms with van der Waals surface area (Å²) in [6, 6.07) is 23.8. The van der Waals surface area contributed by atoms with Gasteiger partial charge in [-0.2, -0.15) is 0 Å². The van der Waals surface area contributed by atoms with E-state index in [-0.39, 0.29) is 23.9 Å². The fourth-order valence-corrected chi connectivity index (χ4v) is 3.97. The lowest BCUT2D eigenvalue weighted by molar-refractivity contribution is -0.111. The third-order valence-electron chi connectivity index (χ3n) is 5.91. The first-order valence-electron chi connectivity index (χ1n) is 11.9. The molecule has 0 saturated carbocycles. The molecular formula is C30H27N3O5. The number of phenolic OH excluding ortho intramolecular Hbond substituents is 1.